The zero-order chi connectivity index (χ0) is 9.26. The molecule has 0 aliphatic rings. The van der Waals surface area contributed by atoms with E-state index in [2.05, 4.69) is 24.0 Å². The average molecular weight is 190 g/mol. The summed E-state index contributed by atoms with van der Waals surface area (Å²) in [6.45, 7) is 2.08. The van der Waals surface area contributed by atoms with Gasteiger partial charge in [-0.15, -0.1) is 11.3 Å². The van der Waals surface area contributed by atoms with E-state index in [4.69, 9.17) is 5.73 Å². The SMILES string of the molecule is Cc1ccc(-c2cnccc2N)s1. The highest BCUT2D eigenvalue weighted by molar-refractivity contribution is 7.15. The minimum Gasteiger partial charge on any atom is -0.398 e. The Morgan fingerprint density at radius 2 is 2.15 bits per heavy atom. The lowest BCUT2D eigenvalue weighted by molar-refractivity contribution is 1.34. The lowest BCUT2D eigenvalue weighted by Gasteiger charge is -1.99. The number of hydrogen-bond acceptors (Lipinski definition) is 3. The first-order chi connectivity index (χ1) is 6.27. The van der Waals surface area contributed by atoms with Crippen LogP contribution in [0, 0.1) is 6.92 Å². The van der Waals surface area contributed by atoms with Crippen LogP contribution in [0.2, 0.25) is 0 Å². The quantitative estimate of drug-likeness (QED) is 0.751. The van der Waals surface area contributed by atoms with Crippen molar-refractivity contribution in [3.8, 4) is 10.4 Å². The second-order valence-corrected chi connectivity index (χ2v) is 4.16. The maximum absolute atomic E-state index is 5.83. The van der Waals surface area contributed by atoms with Crippen LogP contribution in [0.15, 0.2) is 30.6 Å². The van der Waals surface area contributed by atoms with E-state index in [0.29, 0.717) is 0 Å². The fourth-order valence-electron chi connectivity index (χ4n) is 1.19. The van der Waals surface area contributed by atoms with Crippen molar-refractivity contribution in [1.29, 1.82) is 0 Å². The minimum atomic E-state index is 0.789. The van der Waals surface area contributed by atoms with Gasteiger partial charge in [-0.3, -0.25) is 4.98 Å². The molecule has 2 aromatic heterocycles. The van der Waals surface area contributed by atoms with Crippen LogP contribution >= 0.6 is 11.3 Å². The molecule has 3 heteroatoms. The maximum atomic E-state index is 5.83. The molecule has 0 bridgehead atoms. The third kappa shape index (κ3) is 1.55. The minimum absolute atomic E-state index is 0.789. The van der Waals surface area contributed by atoms with Gasteiger partial charge in [-0.1, -0.05) is 0 Å². The van der Waals surface area contributed by atoms with Crippen LogP contribution in [0.1, 0.15) is 4.88 Å². The molecule has 0 radical (unpaired) electrons. The fourth-order valence-corrected chi connectivity index (χ4v) is 2.09. The van der Waals surface area contributed by atoms with Gasteiger partial charge < -0.3 is 5.73 Å². The summed E-state index contributed by atoms with van der Waals surface area (Å²) in [5.74, 6) is 0. The molecule has 13 heavy (non-hydrogen) atoms. The Balaban J connectivity index is 2.52. The molecule has 0 amide bonds. The zero-order valence-corrected chi connectivity index (χ0v) is 8.14. The van der Waals surface area contributed by atoms with Crippen LogP contribution in [0.3, 0.4) is 0 Å². The molecule has 2 nitrogen and oxygen atoms in total. The first kappa shape index (κ1) is 8.26. The molecule has 2 aromatic rings. The van der Waals surface area contributed by atoms with Crippen molar-refractivity contribution in [2.75, 3.05) is 5.73 Å². The van der Waals surface area contributed by atoms with Gasteiger partial charge in [-0.2, -0.15) is 0 Å². The highest BCUT2D eigenvalue weighted by atomic mass is 32.1. The second kappa shape index (κ2) is 3.18. The standard InChI is InChI=1S/C10H10N2S/c1-7-2-3-10(13-7)8-6-12-5-4-9(8)11/h2-6H,1H3,(H2,11,12). The third-order valence-corrected chi connectivity index (χ3v) is 2.89. The predicted octanol–water partition coefficient (Wildman–Crippen LogP) is 2.70. The molecule has 0 saturated carbocycles. The fraction of sp³-hybridized carbons (Fsp3) is 0.100. The Morgan fingerprint density at radius 1 is 1.31 bits per heavy atom. The third-order valence-electron chi connectivity index (χ3n) is 1.86. The van der Waals surface area contributed by atoms with Gasteiger partial charge in [0.1, 0.15) is 0 Å². The zero-order valence-electron chi connectivity index (χ0n) is 7.32. The van der Waals surface area contributed by atoms with E-state index in [1.807, 2.05) is 6.07 Å². The lowest BCUT2D eigenvalue weighted by Crippen LogP contribution is -1.88. The number of rotatable bonds is 1. The maximum Gasteiger partial charge on any atom is 0.0433 e. The van der Waals surface area contributed by atoms with Gasteiger partial charge in [0.05, 0.1) is 0 Å². The van der Waals surface area contributed by atoms with Gasteiger partial charge in [0.25, 0.3) is 0 Å². The summed E-state index contributed by atoms with van der Waals surface area (Å²) in [5, 5.41) is 0. The van der Waals surface area contributed by atoms with E-state index < -0.39 is 0 Å². The molecule has 2 rings (SSSR count). The summed E-state index contributed by atoms with van der Waals surface area (Å²) in [6.07, 6.45) is 3.51. The Bertz CT molecular complexity index is 420. The molecular formula is C10H10N2S. The van der Waals surface area contributed by atoms with Crippen molar-refractivity contribution in [3.63, 3.8) is 0 Å². The first-order valence-electron chi connectivity index (χ1n) is 4.03. The normalized spacial score (nSPS) is 10.2. The molecule has 2 N–H and O–H groups in total. The van der Waals surface area contributed by atoms with E-state index in [-0.39, 0.29) is 0 Å². The molecule has 0 spiro atoms. The molecule has 0 aliphatic heterocycles. The number of anilines is 1. The summed E-state index contributed by atoms with van der Waals surface area (Å²) in [5.41, 5.74) is 7.65. The van der Waals surface area contributed by atoms with Crippen molar-refractivity contribution >= 4 is 17.0 Å². The van der Waals surface area contributed by atoms with Crippen LogP contribution in [-0.2, 0) is 0 Å². The Labute approximate surface area is 81.1 Å². The molecule has 2 heterocycles. The number of hydrogen-bond donors (Lipinski definition) is 1. The topological polar surface area (TPSA) is 38.9 Å². The molecule has 66 valence electrons. The van der Waals surface area contributed by atoms with Gasteiger partial charge in [0.2, 0.25) is 0 Å². The Kier molecular flexibility index (Phi) is 2.02. The van der Waals surface area contributed by atoms with Crippen molar-refractivity contribution in [1.82, 2.24) is 4.98 Å². The molecule has 0 aliphatic carbocycles. The van der Waals surface area contributed by atoms with E-state index >= 15 is 0 Å². The summed E-state index contributed by atoms with van der Waals surface area (Å²) in [7, 11) is 0. The number of aryl methyl sites for hydroxylation is 1. The molecular weight excluding hydrogens is 180 g/mol. The molecule has 0 unspecified atom stereocenters. The van der Waals surface area contributed by atoms with Gasteiger partial charge in [-0.25, -0.2) is 0 Å². The Hall–Kier alpha value is -1.35. The largest absolute Gasteiger partial charge is 0.398 e. The van der Waals surface area contributed by atoms with Crippen LogP contribution in [-0.4, -0.2) is 4.98 Å². The van der Waals surface area contributed by atoms with Crippen LogP contribution in [0.4, 0.5) is 5.69 Å². The van der Waals surface area contributed by atoms with Crippen LogP contribution < -0.4 is 5.73 Å². The van der Waals surface area contributed by atoms with Gasteiger partial charge in [0.15, 0.2) is 0 Å². The number of pyridine rings is 1. The van der Waals surface area contributed by atoms with Crippen LogP contribution in [0.25, 0.3) is 10.4 Å². The average Bonchev–Trinajstić information content (AvgIpc) is 2.53. The summed E-state index contributed by atoms with van der Waals surface area (Å²) >= 11 is 1.74. The molecule has 0 fully saturated rings. The number of nitrogens with zero attached hydrogens (tertiary/aromatic N) is 1. The van der Waals surface area contributed by atoms with E-state index in [9.17, 15) is 0 Å². The number of thiophene rings is 1. The molecule has 0 aromatic carbocycles. The molecule has 0 saturated heterocycles. The van der Waals surface area contributed by atoms with Gasteiger partial charge >= 0.3 is 0 Å². The summed E-state index contributed by atoms with van der Waals surface area (Å²) in [4.78, 5) is 6.53. The second-order valence-electron chi connectivity index (χ2n) is 2.87. The van der Waals surface area contributed by atoms with E-state index in [1.54, 1.807) is 23.7 Å². The smallest absolute Gasteiger partial charge is 0.0433 e. The highest BCUT2D eigenvalue weighted by Gasteiger charge is 2.03. The lowest BCUT2D eigenvalue weighted by atomic mass is 10.2. The van der Waals surface area contributed by atoms with Crippen molar-refractivity contribution in [2.24, 2.45) is 0 Å². The molecule has 0 atom stereocenters. The van der Waals surface area contributed by atoms with Gasteiger partial charge in [0, 0.05) is 33.4 Å². The summed E-state index contributed by atoms with van der Waals surface area (Å²) in [6, 6.07) is 5.99. The first-order valence-corrected chi connectivity index (χ1v) is 4.85. The van der Waals surface area contributed by atoms with Crippen LogP contribution in [0.5, 0.6) is 0 Å². The summed E-state index contributed by atoms with van der Waals surface area (Å²) < 4.78 is 0. The predicted molar refractivity (Wildman–Crippen MR) is 56.7 cm³/mol. The van der Waals surface area contributed by atoms with E-state index in [1.165, 1.54) is 9.75 Å². The van der Waals surface area contributed by atoms with Crippen molar-refractivity contribution < 1.29 is 0 Å². The van der Waals surface area contributed by atoms with Gasteiger partial charge in [-0.05, 0) is 25.1 Å². The number of aromatic nitrogens is 1. The monoisotopic (exact) mass is 190 g/mol. The number of nitrogen functional groups attached to an aromatic ring is 1. The Morgan fingerprint density at radius 3 is 2.77 bits per heavy atom. The number of nitrogens with two attached hydrogens (primary N) is 1. The highest BCUT2D eigenvalue weighted by Crippen LogP contribution is 2.30. The van der Waals surface area contributed by atoms with Crippen molar-refractivity contribution in [3.05, 3.63) is 35.5 Å². The van der Waals surface area contributed by atoms with E-state index in [0.717, 1.165) is 11.3 Å². The van der Waals surface area contributed by atoms with Crippen molar-refractivity contribution in [2.45, 2.75) is 6.92 Å².